The summed E-state index contributed by atoms with van der Waals surface area (Å²) < 4.78 is 1.90. The van der Waals surface area contributed by atoms with Crippen molar-refractivity contribution in [3.05, 3.63) is 47.8 Å². The molecule has 5 nitrogen and oxygen atoms in total. The van der Waals surface area contributed by atoms with Gasteiger partial charge in [-0.1, -0.05) is 39.0 Å². The molecule has 1 amide bonds. The van der Waals surface area contributed by atoms with Gasteiger partial charge in [0.05, 0.1) is 11.4 Å². The number of benzene rings is 1. The number of hydrogen-bond acceptors (Lipinski definition) is 3. The third kappa shape index (κ3) is 4.41. The third-order valence-electron chi connectivity index (χ3n) is 4.78. The molecule has 0 saturated carbocycles. The van der Waals surface area contributed by atoms with E-state index >= 15 is 0 Å². The van der Waals surface area contributed by atoms with E-state index in [9.17, 15) is 4.79 Å². The summed E-state index contributed by atoms with van der Waals surface area (Å²) >= 11 is 0. The molecule has 0 spiro atoms. The van der Waals surface area contributed by atoms with Gasteiger partial charge < -0.3 is 10.6 Å². The Hall–Kier alpha value is -1.85. The van der Waals surface area contributed by atoms with Gasteiger partial charge in [-0.3, -0.25) is 4.79 Å². The minimum Gasteiger partial charge on any atom is -0.352 e. The fourth-order valence-corrected chi connectivity index (χ4v) is 2.98. The van der Waals surface area contributed by atoms with Crippen LogP contribution in [0.2, 0.25) is 0 Å². The van der Waals surface area contributed by atoms with Gasteiger partial charge in [0.15, 0.2) is 0 Å². The smallest absolute Gasteiger partial charge is 0.223 e. The van der Waals surface area contributed by atoms with Crippen LogP contribution in [0.15, 0.2) is 36.5 Å². The maximum Gasteiger partial charge on any atom is 0.223 e. The van der Waals surface area contributed by atoms with Crippen molar-refractivity contribution in [1.29, 1.82) is 0 Å². The molecular weight excluding hydrogens is 336 g/mol. The normalized spacial score (nSPS) is 15.4. The lowest BCUT2D eigenvalue weighted by Gasteiger charge is -2.31. The van der Waals surface area contributed by atoms with E-state index in [-0.39, 0.29) is 24.2 Å². The molecule has 1 fully saturated rings. The maximum absolute atomic E-state index is 12.3. The number of para-hydroxylation sites is 1. The minimum atomic E-state index is 0. The number of hydrogen-bond donors (Lipinski definition) is 2. The second-order valence-corrected chi connectivity index (χ2v) is 6.90. The van der Waals surface area contributed by atoms with Crippen LogP contribution in [-0.2, 0) is 11.3 Å². The van der Waals surface area contributed by atoms with Gasteiger partial charge in [0.1, 0.15) is 0 Å². The first-order chi connectivity index (χ1) is 11.6. The van der Waals surface area contributed by atoms with Gasteiger partial charge in [0.25, 0.3) is 0 Å². The summed E-state index contributed by atoms with van der Waals surface area (Å²) in [5, 5.41) is 11.0. The van der Waals surface area contributed by atoms with Crippen LogP contribution in [0.1, 0.15) is 37.9 Å². The minimum absolute atomic E-state index is 0. The predicted octanol–water partition coefficient (Wildman–Crippen LogP) is 2.89. The topological polar surface area (TPSA) is 59.0 Å². The molecule has 0 aliphatic carbocycles. The standard InChI is InChI=1S/C19H26N4O.ClH/c1-13(2)18-16(11-21-19(24)14(3)15-9-20-10-15)12-23(22-18)17-7-5-4-6-8-17;/h4-8,12-15,20H,9-11H2,1-3H3,(H,21,24);1H. The molecule has 2 N–H and O–H groups in total. The largest absolute Gasteiger partial charge is 0.352 e. The first kappa shape index (κ1) is 19.5. The molecule has 1 unspecified atom stereocenters. The monoisotopic (exact) mass is 362 g/mol. The SMILES string of the molecule is CC(C)c1nn(-c2ccccc2)cc1CNC(=O)C(C)C1CNC1.Cl. The van der Waals surface area contributed by atoms with E-state index in [1.54, 1.807) is 0 Å². The van der Waals surface area contributed by atoms with Crippen molar-refractivity contribution in [3.63, 3.8) is 0 Å². The Morgan fingerprint density at radius 2 is 1.96 bits per heavy atom. The lowest BCUT2D eigenvalue weighted by molar-refractivity contribution is -0.126. The number of carbonyl (C=O) groups is 1. The first-order valence-electron chi connectivity index (χ1n) is 8.68. The lowest BCUT2D eigenvalue weighted by Crippen LogP contribution is -2.49. The number of nitrogens with one attached hydrogen (secondary N) is 2. The Morgan fingerprint density at radius 1 is 1.28 bits per heavy atom. The van der Waals surface area contributed by atoms with Crippen LogP contribution >= 0.6 is 12.4 Å². The van der Waals surface area contributed by atoms with Gasteiger partial charge in [-0.25, -0.2) is 4.68 Å². The zero-order valence-corrected chi connectivity index (χ0v) is 15.8. The Kier molecular flexibility index (Phi) is 6.62. The third-order valence-corrected chi connectivity index (χ3v) is 4.78. The van der Waals surface area contributed by atoms with E-state index < -0.39 is 0 Å². The van der Waals surface area contributed by atoms with E-state index in [4.69, 9.17) is 5.10 Å². The van der Waals surface area contributed by atoms with Gasteiger partial charge in [-0.05, 0) is 37.1 Å². The summed E-state index contributed by atoms with van der Waals surface area (Å²) in [7, 11) is 0. The van der Waals surface area contributed by atoms with Crippen LogP contribution in [0.4, 0.5) is 0 Å². The quantitative estimate of drug-likeness (QED) is 0.830. The van der Waals surface area contributed by atoms with Gasteiger partial charge in [-0.2, -0.15) is 5.10 Å². The summed E-state index contributed by atoms with van der Waals surface area (Å²) in [4.78, 5) is 12.3. The van der Waals surface area contributed by atoms with Gasteiger partial charge >= 0.3 is 0 Å². The van der Waals surface area contributed by atoms with Crippen molar-refractivity contribution < 1.29 is 4.79 Å². The molecule has 3 rings (SSSR count). The highest BCUT2D eigenvalue weighted by atomic mass is 35.5. The van der Waals surface area contributed by atoms with Crippen LogP contribution in [0.25, 0.3) is 5.69 Å². The van der Waals surface area contributed by atoms with E-state index in [1.165, 1.54) is 0 Å². The predicted molar refractivity (Wildman–Crippen MR) is 102 cm³/mol. The molecule has 2 heterocycles. The molecule has 0 radical (unpaired) electrons. The van der Waals surface area contributed by atoms with Crippen molar-refractivity contribution in [2.24, 2.45) is 11.8 Å². The highest BCUT2D eigenvalue weighted by Gasteiger charge is 2.28. The number of amides is 1. The molecule has 1 aliphatic rings. The van der Waals surface area contributed by atoms with E-state index in [0.717, 1.165) is 30.0 Å². The van der Waals surface area contributed by atoms with Crippen molar-refractivity contribution >= 4 is 18.3 Å². The summed E-state index contributed by atoms with van der Waals surface area (Å²) in [5.41, 5.74) is 3.16. The number of rotatable bonds is 6. The van der Waals surface area contributed by atoms with Crippen LogP contribution in [0.3, 0.4) is 0 Å². The summed E-state index contributed by atoms with van der Waals surface area (Å²) in [6, 6.07) is 10.1. The molecule has 2 aromatic rings. The molecule has 1 atom stereocenters. The Morgan fingerprint density at radius 3 is 2.52 bits per heavy atom. The Labute approximate surface area is 155 Å². The second kappa shape index (κ2) is 8.50. The maximum atomic E-state index is 12.3. The van der Waals surface area contributed by atoms with Crippen molar-refractivity contribution in [1.82, 2.24) is 20.4 Å². The Bertz CT molecular complexity index is 695. The van der Waals surface area contributed by atoms with Gasteiger partial charge in [0.2, 0.25) is 5.91 Å². The van der Waals surface area contributed by atoms with Gasteiger partial charge in [-0.15, -0.1) is 12.4 Å². The molecule has 136 valence electrons. The van der Waals surface area contributed by atoms with Crippen LogP contribution in [0.5, 0.6) is 0 Å². The molecule has 1 aliphatic heterocycles. The van der Waals surface area contributed by atoms with E-state index in [1.807, 2.05) is 48.1 Å². The number of carbonyl (C=O) groups excluding carboxylic acids is 1. The summed E-state index contributed by atoms with van der Waals surface area (Å²) in [6.45, 7) is 8.69. The molecule has 1 aromatic heterocycles. The van der Waals surface area contributed by atoms with Crippen molar-refractivity contribution in [2.45, 2.75) is 33.2 Å². The average Bonchev–Trinajstić information content (AvgIpc) is 2.96. The molecule has 0 bridgehead atoms. The van der Waals surface area contributed by atoms with Crippen molar-refractivity contribution in [2.75, 3.05) is 13.1 Å². The number of aromatic nitrogens is 2. The van der Waals surface area contributed by atoms with Crippen LogP contribution < -0.4 is 10.6 Å². The fraction of sp³-hybridized carbons (Fsp3) is 0.474. The molecule has 1 aromatic carbocycles. The summed E-state index contributed by atoms with van der Waals surface area (Å²) in [5.74, 6) is 0.957. The van der Waals surface area contributed by atoms with Crippen LogP contribution in [-0.4, -0.2) is 28.8 Å². The first-order valence-corrected chi connectivity index (χ1v) is 8.68. The van der Waals surface area contributed by atoms with Crippen molar-refractivity contribution in [3.8, 4) is 5.69 Å². The number of nitrogens with zero attached hydrogens (tertiary/aromatic N) is 2. The molecular formula is C19H27ClN4O. The highest BCUT2D eigenvalue weighted by molar-refractivity contribution is 5.85. The van der Waals surface area contributed by atoms with Gasteiger partial charge in [0, 0.05) is 24.2 Å². The average molecular weight is 363 g/mol. The lowest BCUT2D eigenvalue weighted by atomic mass is 9.88. The van der Waals surface area contributed by atoms with Crippen LogP contribution in [0, 0.1) is 11.8 Å². The zero-order chi connectivity index (χ0) is 17.1. The molecule has 25 heavy (non-hydrogen) atoms. The number of halogens is 1. The zero-order valence-electron chi connectivity index (χ0n) is 15.0. The molecule has 6 heteroatoms. The van der Waals surface area contributed by atoms with E-state index in [2.05, 4.69) is 24.5 Å². The van der Waals surface area contributed by atoms with E-state index in [0.29, 0.717) is 18.4 Å². The fourth-order valence-electron chi connectivity index (χ4n) is 2.98. The molecule has 1 saturated heterocycles. The summed E-state index contributed by atoms with van der Waals surface area (Å²) in [6.07, 6.45) is 2.03. The highest BCUT2D eigenvalue weighted by Crippen LogP contribution is 2.21. The Balaban J connectivity index is 0.00000225. The second-order valence-electron chi connectivity index (χ2n) is 6.90.